The van der Waals surface area contributed by atoms with Gasteiger partial charge >= 0.3 is 5.97 Å². The van der Waals surface area contributed by atoms with E-state index in [-0.39, 0.29) is 24.0 Å². The largest absolute Gasteiger partial charge is 0.469 e. The van der Waals surface area contributed by atoms with Crippen molar-refractivity contribution < 1.29 is 14.3 Å². The van der Waals surface area contributed by atoms with E-state index in [1.807, 2.05) is 35.0 Å². The minimum absolute atomic E-state index is 0.0648. The Hall–Kier alpha value is -2.67. The molecule has 154 valence electrons. The summed E-state index contributed by atoms with van der Waals surface area (Å²) in [5.41, 5.74) is 1.61. The minimum atomic E-state index is -0.154. The molecule has 1 aromatic heterocycles. The van der Waals surface area contributed by atoms with Crippen LogP contribution in [0.25, 0.3) is 5.69 Å². The Bertz CT molecular complexity index is 830. The molecular weight excluding hydrogens is 368 g/mol. The minimum Gasteiger partial charge on any atom is -0.469 e. The number of likely N-dealkylation sites (tertiary alicyclic amines) is 1. The summed E-state index contributed by atoms with van der Waals surface area (Å²) in [4.78, 5) is 30.9. The molecule has 0 bridgehead atoms. The van der Waals surface area contributed by atoms with Crippen molar-refractivity contribution in [2.24, 2.45) is 5.92 Å². The van der Waals surface area contributed by atoms with Gasteiger partial charge in [-0.3, -0.25) is 14.5 Å². The van der Waals surface area contributed by atoms with E-state index in [1.165, 1.54) is 20.0 Å². The highest BCUT2D eigenvalue weighted by Gasteiger charge is 2.38. The third-order valence-corrected chi connectivity index (χ3v) is 6.00. The van der Waals surface area contributed by atoms with Gasteiger partial charge in [0.05, 0.1) is 19.9 Å². The Balaban J connectivity index is 1.34. The van der Waals surface area contributed by atoms with Crippen molar-refractivity contribution >= 4 is 11.9 Å². The number of nitrogens with zero attached hydrogens (tertiary/aromatic N) is 3. The molecule has 1 N–H and O–H groups in total. The van der Waals surface area contributed by atoms with E-state index in [4.69, 9.17) is 4.74 Å². The molecule has 1 aromatic carbocycles. The average Bonchev–Trinajstić information content (AvgIpc) is 3.24. The number of ether oxygens (including phenoxy) is 1. The van der Waals surface area contributed by atoms with Crippen LogP contribution in [-0.2, 0) is 9.53 Å². The maximum absolute atomic E-state index is 12.6. The zero-order valence-electron chi connectivity index (χ0n) is 16.8. The fourth-order valence-electron chi connectivity index (χ4n) is 4.13. The lowest BCUT2D eigenvalue weighted by atomic mass is 10.1. The molecule has 1 saturated heterocycles. The zero-order valence-corrected chi connectivity index (χ0v) is 16.8. The number of carbonyl (C=O) groups is 2. The van der Waals surface area contributed by atoms with Crippen LogP contribution in [0.4, 0.5) is 0 Å². The molecule has 0 radical (unpaired) electrons. The van der Waals surface area contributed by atoms with Crippen LogP contribution in [0.1, 0.15) is 42.5 Å². The van der Waals surface area contributed by atoms with E-state index < -0.39 is 0 Å². The molecule has 2 atom stereocenters. The normalized spacial score (nSPS) is 21.8. The zero-order chi connectivity index (χ0) is 20.2. The van der Waals surface area contributed by atoms with Crippen LogP contribution < -0.4 is 5.32 Å². The number of hydrogen-bond acceptors (Lipinski definition) is 5. The van der Waals surface area contributed by atoms with Crippen LogP contribution in [0.15, 0.2) is 43.0 Å². The highest BCUT2D eigenvalue weighted by atomic mass is 16.5. The van der Waals surface area contributed by atoms with Crippen molar-refractivity contribution in [3.05, 3.63) is 48.5 Å². The van der Waals surface area contributed by atoms with Crippen molar-refractivity contribution in [2.45, 2.75) is 44.2 Å². The highest BCUT2D eigenvalue weighted by Crippen LogP contribution is 2.35. The number of hydrogen-bond donors (Lipinski definition) is 1. The van der Waals surface area contributed by atoms with Crippen LogP contribution in [0.5, 0.6) is 0 Å². The van der Waals surface area contributed by atoms with Crippen molar-refractivity contribution in [2.75, 3.05) is 20.2 Å². The maximum atomic E-state index is 12.6. The summed E-state index contributed by atoms with van der Waals surface area (Å²) in [5, 5.41) is 3.09. The van der Waals surface area contributed by atoms with Gasteiger partial charge in [-0.15, -0.1) is 0 Å². The highest BCUT2D eigenvalue weighted by molar-refractivity contribution is 5.94. The van der Waals surface area contributed by atoms with Gasteiger partial charge in [0, 0.05) is 48.8 Å². The standard InChI is InChI=1S/C22H28N4O3/c1-29-21(27)12-19-8-9-20(26(19)14-16-2-3-16)13-24-22(28)17-4-6-18(7-5-17)25-11-10-23-15-25/h4-7,10-11,15-16,19-20H,2-3,8-9,12-14H2,1H3,(H,24,28)/t19-,20+/m1/s1. The SMILES string of the molecule is COC(=O)C[C@H]1CC[C@@H](CNC(=O)c2ccc(-n3ccnc3)cc2)N1CC1CC1. The number of carbonyl (C=O) groups excluding carboxylic acids is 2. The third kappa shape index (κ3) is 4.85. The molecule has 0 unspecified atom stereocenters. The molecule has 4 rings (SSSR count). The second kappa shape index (κ2) is 8.78. The van der Waals surface area contributed by atoms with Crippen molar-refractivity contribution in [1.82, 2.24) is 19.8 Å². The van der Waals surface area contributed by atoms with E-state index in [0.717, 1.165) is 31.0 Å². The van der Waals surface area contributed by atoms with E-state index in [9.17, 15) is 9.59 Å². The molecule has 2 aliphatic rings. The lowest BCUT2D eigenvalue weighted by Gasteiger charge is -2.30. The molecule has 0 spiro atoms. The number of esters is 1. The van der Waals surface area contributed by atoms with Crippen LogP contribution in [-0.4, -0.2) is 58.6 Å². The van der Waals surface area contributed by atoms with Crippen molar-refractivity contribution in [1.29, 1.82) is 0 Å². The summed E-state index contributed by atoms with van der Waals surface area (Å²) in [6.45, 7) is 1.62. The average molecular weight is 396 g/mol. The van der Waals surface area contributed by atoms with Crippen LogP contribution in [0, 0.1) is 5.92 Å². The number of aromatic nitrogens is 2. The van der Waals surface area contributed by atoms with Gasteiger partial charge in [0.1, 0.15) is 0 Å². The molecule has 1 saturated carbocycles. The second-order valence-electron chi connectivity index (χ2n) is 8.03. The van der Waals surface area contributed by atoms with E-state index >= 15 is 0 Å². The predicted octanol–water partition coefficient (Wildman–Crippen LogP) is 2.41. The summed E-state index contributed by atoms with van der Waals surface area (Å²) in [7, 11) is 1.44. The first-order valence-corrected chi connectivity index (χ1v) is 10.3. The van der Waals surface area contributed by atoms with Gasteiger partial charge < -0.3 is 14.6 Å². The van der Waals surface area contributed by atoms with Gasteiger partial charge in [-0.25, -0.2) is 4.98 Å². The Labute approximate surface area is 171 Å². The predicted molar refractivity (Wildman–Crippen MR) is 109 cm³/mol. The van der Waals surface area contributed by atoms with E-state index in [0.29, 0.717) is 18.5 Å². The number of methoxy groups -OCH3 is 1. The Kier molecular flexibility index (Phi) is 5.94. The van der Waals surface area contributed by atoms with Crippen LogP contribution in [0.2, 0.25) is 0 Å². The van der Waals surface area contributed by atoms with Gasteiger partial charge in [0.25, 0.3) is 5.91 Å². The molecule has 1 aliphatic carbocycles. The summed E-state index contributed by atoms with van der Waals surface area (Å²) < 4.78 is 6.77. The van der Waals surface area contributed by atoms with Gasteiger partial charge in [-0.2, -0.15) is 0 Å². The molecule has 2 fully saturated rings. The fourth-order valence-corrected chi connectivity index (χ4v) is 4.13. The molecule has 7 nitrogen and oxygen atoms in total. The molecule has 2 aromatic rings. The lowest BCUT2D eigenvalue weighted by Crippen LogP contribution is -2.44. The summed E-state index contributed by atoms with van der Waals surface area (Å²) in [6.07, 6.45) is 10.3. The molecule has 2 heterocycles. The quantitative estimate of drug-likeness (QED) is 0.694. The van der Waals surface area contributed by atoms with Gasteiger partial charge in [0.2, 0.25) is 0 Å². The summed E-state index contributed by atoms with van der Waals surface area (Å²) in [6, 6.07) is 8.00. The molecule has 29 heavy (non-hydrogen) atoms. The Morgan fingerprint density at radius 3 is 2.55 bits per heavy atom. The monoisotopic (exact) mass is 396 g/mol. The summed E-state index contributed by atoms with van der Waals surface area (Å²) >= 11 is 0. The van der Waals surface area contributed by atoms with Gasteiger partial charge in [-0.05, 0) is 55.9 Å². The lowest BCUT2D eigenvalue weighted by molar-refractivity contribution is -0.141. The van der Waals surface area contributed by atoms with E-state index in [2.05, 4.69) is 15.2 Å². The topological polar surface area (TPSA) is 76.5 Å². The smallest absolute Gasteiger partial charge is 0.307 e. The second-order valence-corrected chi connectivity index (χ2v) is 8.03. The van der Waals surface area contributed by atoms with Crippen molar-refractivity contribution in [3.8, 4) is 5.69 Å². The number of benzene rings is 1. The number of imidazole rings is 1. The van der Waals surface area contributed by atoms with Gasteiger partial charge in [0.15, 0.2) is 0 Å². The fraction of sp³-hybridized carbons (Fsp3) is 0.500. The van der Waals surface area contributed by atoms with Crippen molar-refractivity contribution in [3.63, 3.8) is 0 Å². The molecule has 1 amide bonds. The summed E-state index contributed by atoms with van der Waals surface area (Å²) in [5.74, 6) is 0.519. The van der Waals surface area contributed by atoms with E-state index in [1.54, 1.807) is 12.5 Å². The first kappa shape index (κ1) is 19.6. The molecule has 1 aliphatic heterocycles. The molecular formula is C22H28N4O3. The van der Waals surface area contributed by atoms with Gasteiger partial charge in [-0.1, -0.05) is 0 Å². The van der Waals surface area contributed by atoms with Crippen LogP contribution >= 0.6 is 0 Å². The first-order chi connectivity index (χ1) is 14.1. The number of nitrogens with one attached hydrogen (secondary N) is 1. The Morgan fingerprint density at radius 1 is 1.14 bits per heavy atom. The number of rotatable bonds is 8. The first-order valence-electron chi connectivity index (χ1n) is 10.3. The Morgan fingerprint density at radius 2 is 1.90 bits per heavy atom. The maximum Gasteiger partial charge on any atom is 0.307 e. The third-order valence-electron chi connectivity index (χ3n) is 6.00. The van der Waals surface area contributed by atoms with Crippen LogP contribution in [0.3, 0.4) is 0 Å². The number of amides is 1. The molecule has 7 heteroatoms.